The number of aromatic carboxylic acids is 1. The second-order valence-corrected chi connectivity index (χ2v) is 5.22. The molecule has 0 saturated carbocycles. The van der Waals surface area contributed by atoms with E-state index in [0.717, 1.165) is 6.07 Å². The first kappa shape index (κ1) is 16.5. The molecule has 0 atom stereocenters. The molecular weight excluding hydrogens is 328 g/mol. The van der Waals surface area contributed by atoms with Gasteiger partial charge in [0.25, 0.3) is 0 Å². The Morgan fingerprint density at radius 2 is 1.39 bits per heavy atom. The van der Waals surface area contributed by atoms with Crippen LogP contribution in [-0.2, 0) is 10.4 Å². The van der Waals surface area contributed by atoms with Crippen molar-refractivity contribution in [2.75, 3.05) is 0 Å². The normalized spacial score (nSPS) is 10.8. The van der Waals surface area contributed by atoms with Crippen molar-refractivity contribution in [2.24, 2.45) is 0 Å². The molecule has 23 heavy (non-hydrogen) atoms. The molecule has 0 fully saturated rings. The number of carbonyl (C=O) groups excluding carboxylic acids is 1. The molecule has 2 rings (SSSR count). The average molecular weight is 338 g/mol. The highest BCUT2D eigenvalue weighted by Crippen LogP contribution is 2.24. The third-order valence-corrected chi connectivity index (χ3v) is 3.01. The van der Waals surface area contributed by atoms with Crippen LogP contribution in [0.4, 0.5) is 0 Å². The summed E-state index contributed by atoms with van der Waals surface area (Å²) < 4.78 is 39.5. The molecule has 0 spiro atoms. The smallest absolute Gasteiger partial charge is 0.446 e. The molecule has 0 bridgehead atoms. The van der Waals surface area contributed by atoms with E-state index in [4.69, 9.17) is 14.4 Å². The van der Waals surface area contributed by atoms with E-state index in [-0.39, 0.29) is 16.9 Å². The van der Waals surface area contributed by atoms with Crippen LogP contribution in [0, 0.1) is 0 Å². The maximum absolute atomic E-state index is 12.1. The van der Waals surface area contributed by atoms with E-state index in [0.29, 0.717) is 0 Å². The van der Waals surface area contributed by atoms with Gasteiger partial charge in [0, 0.05) is 0 Å². The van der Waals surface area contributed by atoms with Gasteiger partial charge in [-0.05, 0) is 24.3 Å². The first-order valence-corrected chi connectivity index (χ1v) is 7.45. The molecule has 120 valence electrons. The van der Waals surface area contributed by atoms with Crippen LogP contribution in [0.3, 0.4) is 0 Å². The van der Waals surface area contributed by atoms with Crippen molar-refractivity contribution in [1.82, 2.24) is 0 Å². The van der Waals surface area contributed by atoms with Crippen LogP contribution in [0.25, 0.3) is 0 Å². The highest BCUT2D eigenvalue weighted by atomic mass is 32.3. The highest BCUT2D eigenvalue weighted by Gasteiger charge is 2.20. The zero-order valence-electron chi connectivity index (χ0n) is 11.4. The summed E-state index contributed by atoms with van der Waals surface area (Å²) >= 11 is 0. The van der Waals surface area contributed by atoms with Crippen LogP contribution >= 0.6 is 0 Å². The van der Waals surface area contributed by atoms with Crippen LogP contribution in [0.5, 0.6) is 11.5 Å². The van der Waals surface area contributed by atoms with Crippen molar-refractivity contribution in [3.63, 3.8) is 0 Å². The topological polar surface area (TPSA) is 127 Å². The fraction of sp³-hybridized carbons (Fsp3) is 0. The van der Waals surface area contributed by atoms with Crippen molar-refractivity contribution in [3.05, 3.63) is 59.7 Å². The Hall–Kier alpha value is -2.91. The molecule has 0 aliphatic carbocycles. The van der Waals surface area contributed by atoms with Crippen LogP contribution < -0.4 is 8.92 Å². The molecule has 0 radical (unpaired) electrons. The predicted molar refractivity (Wildman–Crippen MR) is 77.0 cm³/mol. The third-order valence-electron chi connectivity index (χ3n) is 2.62. The van der Waals surface area contributed by atoms with Gasteiger partial charge in [-0.2, -0.15) is 8.42 Å². The van der Waals surface area contributed by atoms with Gasteiger partial charge >= 0.3 is 22.3 Å². The highest BCUT2D eigenvalue weighted by molar-refractivity contribution is 7.81. The van der Waals surface area contributed by atoms with Gasteiger partial charge in [0.05, 0.1) is 0 Å². The standard InChI is InChI=1S/C14H10O8S/c15-13(16)9-5-1-3-7-11(9)21-14(17)10-6-2-4-8-12(10)22-23(18,19)20/h1-8H,(H,15,16)(H,18,19,20). The fourth-order valence-corrected chi connectivity index (χ4v) is 2.08. The van der Waals surface area contributed by atoms with Gasteiger partial charge < -0.3 is 14.0 Å². The van der Waals surface area contributed by atoms with Crippen LogP contribution in [-0.4, -0.2) is 30.0 Å². The number of hydrogen-bond donors (Lipinski definition) is 2. The Balaban J connectivity index is 2.34. The Morgan fingerprint density at radius 1 is 0.870 bits per heavy atom. The SMILES string of the molecule is O=C(O)c1ccccc1OC(=O)c1ccccc1OS(=O)(=O)O. The van der Waals surface area contributed by atoms with Gasteiger partial charge in [0.1, 0.15) is 16.9 Å². The van der Waals surface area contributed by atoms with E-state index < -0.39 is 28.1 Å². The average Bonchev–Trinajstić information content (AvgIpc) is 2.46. The van der Waals surface area contributed by atoms with Gasteiger partial charge in [-0.1, -0.05) is 24.3 Å². The summed E-state index contributed by atoms with van der Waals surface area (Å²) in [6.45, 7) is 0. The number of para-hydroxylation sites is 2. The number of esters is 1. The second kappa shape index (κ2) is 6.46. The van der Waals surface area contributed by atoms with Gasteiger partial charge in [-0.3, -0.25) is 4.55 Å². The minimum Gasteiger partial charge on any atom is -0.478 e. The zero-order chi connectivity index (χ0) is 17.0. The van der Waals surface area contributed by atoms with Crippen molar-refractivity contribution >= 4 is 22.3 Å². The summed E-state index contributed by atoms with van der Waals surface area (Å²) in [4.78, 5) is 23.2. The first-order chi connectivity index (χ1) is 10.8. The molecule has 0 aliphatic heterocycles. The fourth-order valence-electron chi connectivity index (χ4n) is 1.71. The number of carbonyl (C=O) groups is 2. The summed E-state index contributed by atoms with van der Waals surface area (Å²) in [7, 11) is -4.83. The Kier molecular flexibility index (Phi) is 4.63. The number of benzene rings is 2. The van der Waals surface area contributed by atoms with E-state index in [9.17, 15) is 18.0 Å². The predicted octanol–water partition coefficient (Wildman–Crippen LogP) is 1.79. The number of rotatable bonds is 5. The second-order valence-electron chi connectivity index (χ2n) is 4.20. The molecule has 0 aliphatic rings. The molecule has 0 amide bonds. The largest absolute Gasteiger partial charge is 0.478 e. The van der Waals surface area contributed by atoms with E-state index in [1.54, 1.807) is 0 Å². The quantitative estimate of drug-likeness (QED) is 0.480. The third kappa shape index (κ3) is 4.28. The van der Waals surface area contributed by atoms with Crippen molar-refractivity contribution in [1.29, 1.82) is 0 Å². The Morgan fingerprint density at radius 3 is 1.96 bits per heavy atom. The molecule has 0 unspecified atom stereocenters. The zero-order valence-corrected chi connectivity index (χ0v) is 12.2. The van der Waals surface area contributed by atoms with Gasteiger partial charge in [-0.25, -0.2) is 9.59 Å². The summed E-state index contributed by atoms with van der Waals surface area (Å²) in [6.07, 6.45) is 0. The van der Waals surface area contributed by atoms with Crippen molar-refractivity contribution < 1.29 is 36.6 Å². The van der Waals surface area contributed by atoms with Crippen molar-refractivity contribution in [3.8, 4) is 11.5 Å². The lowest BCUT2D eigenvalue weighted by Gasteiger charge is -2.10. The molecular formula is C14H10O8S. The van der Waals surface area contributed by atoms with Gasteiger partial charge in [0.15, 0.2) is 5.75 Å². The monoisotopic (exact) mass is 338 g/mol. The molecule has 9 heteroatoms. The Labute approximate surface area is 130 Å². The van der Waals surface area contributed by atoms with Crippen LogP contribution in [0.15, 0.2) is 48.5 Å². The number of carboxylic acid groups (broad SMARTS) is 1. The number of hydrogen-bond acceptors (Lipinski definition) is 6. The lowest BCUT2D eigenvalue weighted by Crippen LogP contribution is -2.15. The molecule has 2 N–H and O–H groups in total. The molecule has 0 heterocycles. The molecule has 2 aromatic carbocycles. The van der Waals surface area contributed by atoms with Crippen LogP contribution in [0.2, 0.25) is 0 Å². The summed E-state index contributed by atoms with van der Waals surface area (Å²) in [5.41, 5.74) is -0.542. The number of carboxylic acids is 1. The van der Waals surface area contributed by atoms with E-state index in [1.165, 1.54) is 42.5 Å². The van der Waals surface area contributed by atoms with Crippen LogP contribution in [0.1, 0.15) is 20.7 Å². The Bertz CT molecular complexity index is 857. The van der Waals surface area contributed by atoms with E-state index in [1.807, 2.05) is 0 Å². The summed E-state index contributed by atoms with van der Waals surface area (Å²) in [5.74, 6) is -3.01. The molecule has 2 aromatic rings. The minimum absolute atomic E-state index is 0.216. The lowest BCUT2D eigenvalue weighted by molar-refractivity contribution is 0.0681. The van der Waals surface area contributed by atoms with Crippen molar-refractivity contribution in [2.45, 2.75) is 0 Å². The van der Waals surface area contributed by atoms with E-state index >= 15 is 0 Å². The van der Waals surface area contributed by atoms with E-state index in [2.05, 4.69) is 4.18 Å². The summed E-state index contributed by atoms with van der Waals surface area (Å²) in [5, 5.41) is 9.03. The number of ether oxygens (including phenoxy) is 1. The maximum atomic E-state index is 12.1. The minimum atomic E-state index is -4.83. The molecule has 0 aromatic heterocycles. The molecule has 0 saturated heterocycles. The lowest BCUT2D eigenvalue weighted by atomic mass is 10.2. The summed E-state index contributed by atoms with van der Waals surface area (Å²) in [6, 6.07) is 10.6. The van der Waals surface area contributed by atoms with Gasteiger partial charge in [0.2, 0.25) is 0 Å². The maximum Gasteiger partial charge on any atom is 0.446 e. The first-order valence-electron chi connectivity index (χ1n) is 6.08. The van der Waals surface area contributed by atoms with Gasteiger partial charge in [-0.15, -0.1) is 0 Å². The molecule has 8 nitrogen and oxygen atoms in total.